The fraction of sp³-hybridized carbons (Fsp3) is 0.348. The van der Waals surface area contributed by atoms with Crippen molar-refractivity contribution in [1.82, 2.24) is 19.6 Å². The van der Waals surface area contributed by atoms with E-state index in [0.29, 0.717) is 35.4 Å². The number of ether oxygens (including phenoxy) is 3. The average molecular weight is 454 g/mol. The molecule has 166 valence electrons. The van der Waals surface area contributed by atoms with Crippen molar-refractivity contribution in [2.75, 3.05) is 32.2 Å². The molecule has 0 radical (unpaired) electrons. The van der Waals surface area contributed by atoms with E-state index in [1.165, 1.54) is 0 Å². The lowest BCUT2D eigenvalue weighted by Crippen LogP contribution is -2.46. The molecule has 1 saturated heterocycles. The van der Waals surface area contributed by atoms with Crippen molar-refractivity contribution < 1.29 is 14.2 Å². The van der Waals surface area contributed by atoms with E-state index in [-0.39, 0.29) is 12.2 Å². The van der Waals surface area contributed by atoms with Gasteiger partial charge in [0.2, 0.25) is 5.95 Å². The van der Waals surface area contributed by atoms with Gasteiger partial charge < -0.3 is 19.1 Å². The van der Waals surface area contributed by atoms with E-state index < -0.39 is 0 Å². The normalized spacial score (nSPS) is 19.0. The number of halogens is 1. The number of morpholine rings is 1. The van der Waals surface area contributed by atoms with Crippen LogP contribution in [0.5, 0.6) is 11.5 Å². The summed E-state index contributed by atoms with van der Waals surface area (Å²) in [7, 11) is 3.23. The molecular formula is C23H24ClN5O3. The second kappa shape index (κ2) is 8.11. The highest BCUT2D eigenvalue weighted by Crippen LogP contribution is 2.35. The third-order valence-electron chi connectivity index (χ3n) is 5.63. The van der Waals surface area contributed by atoms with Gasteiger partial charge in [0.05, 0.1) is 31.9 Å². The van der Waals surface area contributed by atoms with E-state index >= 15 is 0 Å². The zero-order valence-electron chi connectivity index (χ0n) is 18.4. The summed E-state index contributed by atoms with van der Waals surface area (Å²) >= 11 is 6.28. The van der Waals surface area contributed by atoms with Crippen molar-refractivity contribution >= 4 is 34.1 Å². The first-order valence-corrected chi connectivity index (χ1v) is 10.8. The number of nitrogens with zero attached hydrogens (tertiary/aromatic N) is 5. The maximum Gasteiger partial charge on any atom is 0.213 e. The summed E-state index contributed by atoms with van der Waals surface area (Å²) < 4.78 is 18.8. The van der Waals surface area contributed by atoms with Gasteiger partial charge >= 0.3 is 0 Å². The maximum atomic E-state index is 6.28. The van der Waals surface area contributed by atoms with Gasteiger partial charge in [-0.2, -0.15) is 0 Å². The summed E-state index contributed by atoms with van der Waals surface area (Å²) in [5, 5.41) is 10.6. The predicted molar refractivity (Wildman–Crippen MR) is 124 cm³/mol. The molecule has 8 nitrogen and oxygen atoms in total. The smallest absolute Gasteiger partial charge is 0.213 e. The van der Waals surface area contributed by atoms with E-state index in [4.69, 9.17) is 30.8 Å². The first-order valence-electron chi connectivity index (χ1n) is 10.5. The Bertz CT molecular complexity index is 1300. The van der Waals surface area contributed by atoms with Crippen LogP contribution >= 0.6 is 11.6 Å². The molecule has 1 fully saturated rings. The van der Waals surface area contributed by atoms with Crippen molar-refractivity contribution in [3.63, 3.8) is 0 Å². The van der Waals surface area contributed by atoms with Crippen LogP contribution in [0.2, 0.25) is 5.02 Å². The van der Waals surface area contributed by atoms with Crippen LogP contribution in [0.4, 0.5) is 5.95 Å². The van der Waals surface area contributed by atoms with Gasteiger partial charge in [0, 0.05) is 29.1 Å². The Hall–Kier alpha value is -3.10. The molecule has 2 unspecified atom stereocenters. The highest BCUT2D eigenvalue weighted by molar-refractivity contribution is 6.31. The molecule has 2 aromatic heterocycles. The van der Waals surface area contributed by atoms with Crippen LogP contribution in [-0.2, 0) is 4.74 Å². The summed E-state index contributed by atoms with van der Waals surface area (Å²) in [5.41, 5.74) is 2.34. The zero-order valence-corrected chi connectivity index (χ0v) is 19.1. The van der Waals surface area contributed by atoms with E-state index in [1.54, 1.807) is 14.2 Å². The quantitative estimate of drug-likeness (QED) is 0.457. The highest BCUT2D eigenvalue weighted by Gasteiger charge is 2.27. The first-order chi connectivity index (χ1) is 15.5. The van der Waals surface area contributed by atoms with Crippen LogP contribution in [0.1, 0.15) is 13.8 Å². The van der Waals surface area contributed by atoms with Crippen LogP contribution in [-0.4, -0.2) is 59.1 Å². The Labute approximate surface area is 190 Å². The van der Waals surface area contributed by atoms with Gasteiger partial charge in [-0.25, -0.2) is 9.38 Å². The molecule has 32 heavy (non-hydrogen) atoms. The Morgan fingerprint density at radius 1 is 0.969 bits per heavy atom. The molecule has 0 bridgehead atoms. The Morgan fingerprint density at radius 2 is 1.72 bits per heavy atom. The number of benzene rings is 2. The van der Waals surface area contributed by atoms with Crippen LogP contribution in [0.15, 0.2) is 36.4 Å². The first kappa shape index (κ1) is 20.8. The molecule has 5 rings (SSSR count). The molecule has 3 heterocycles. The molecule has 4 aromatic rings. The van der Waals surface area contributed by atoms with Crippen LogP contribution in [0.25, 0.3) is 27.9 Å². The molecule has 1 aliphatic heterocycles. The summed E-state index contributed by atoms with van der Waals surface area (Å²) in [4.78, 5) is 7.23. The zero-order chi connectivity index (χ0) is 22.4. The largest absolute Gasteiger partial charge is 0.493 e. The van der Waals surface area contributed by atoms with Crippen molar-refractivity contribution in [3.8, 4) is 22.9 Å². The van der Waals surface area contributed by atoms with Gasteiger partial charge in [-0.1, -0.05) is 11.6 Å². The number of anilines is 1. The molecule has 0 spiro atoms. The van der Waals surface area contributed by atoms with Gasteiger partial charge in [-0.15, -0.1) is 10.2 Å². The van der Waals surface area contributed by atoms with E-state index in [0.717, 1.165) is 28.1 Å². The molecule has 0 amide bonds. The minimum atomic E-state index is 0.0756. The van der Waals surface area contributed by atoms with Gasteiger partial charge in [0.15, 0.2) is 23.0 Å². The standard InChI is InChI=1S/C23H24ClN5O3/c1-13-11-28(12-14(2)32-13)23-25-18-10-16(24)6-7-17(18)22-27-26-21(29(22)23)15-5-8-19(30-3)20(9-15)31-4/h5-10,13-14H,11-12H2,1-4H3. The molecule has 2 aromatic carbocycles. The Balaban J connectivity index is 1.78. The Kier molecular flexibility index (Phi) is 5.27. The molecule has 9 heteroatoms. The monoisotopic (exact) mass is 453 g/mol. The molecular weight excluding hydrogens is 430 g/mol. The lowest BCUT2D eigenvalue weighted by molar-refractivity contribution is -0.00576. The Morgan fingerprint density at radius 3 is 2.44 bits per heavy atom. The minimum absolute atomic E-state index is 0.0756. The van der Waals surface area contributed by atoms with Gasteiger partial charge in [0.25, 0.3) is 0 Å². The summed E-state index contributed by atoms with van der Waals surface area (Å²) in [6.45, 7) is 5.56. The van der Waals surface area contributed by atoms with Crippen molar-refractivity contribution in [3.05, 3.63) is 41.4 Å². The number of fused-ring (bicyclic) bond motifs is 3. The van der Waals surface area contributed by atoms with Crippen molar-refractivity contribution in [1.29, 1.82) is 0 Å². The number of aromatic nitrogens is 4. The summed E-state index contributed by atoms with van der Waals surface area (Å²) in [6, 6.07) is 11.3. The van der Waals surface area contributed by atoms with Crippen LogP contribution < -0.4 is 14.4 Å². The number of rotatable bonds is 4. The highest BCUT2D eigenvalue weighted by atomic mass is 35.5. The average Bonchev–Trinajstić information content (AvgIpc) is 3.22. The molecule has 0 saturated carbocycles. The second-order valence-electron chi connectivity index (χ2n) is 7.99. The lowest BCUT2D eigenvalue weighted by Gasteiger charge is -2.36. The van der Waals surface area contributed by atoms with Gasteiger partial charge in [-0.3, -0.25) is 0 Å². The number of methoxy groups -OCH3 is 2. The van der Waals surface area contributed by atoms with Crippen LogP contribution in [0, 0.1) is 0 Å². The van der Waals surface area contributed by atoms with E-state index in [1.807, 2.05) is 40.8 Å². The van der Waals surface area contributed by atoms with Crippen molar-refractivity contribution in [2.24, 2.45) is 0 Å². The fourth-order valence-corrected chi connectivity index (χ4v) is 4.47. The van der Waals surface area contributed by atoms with Crippen molar-refractivity contribution in [2.45, 2.75) is 26.1 Å². The number of hydrogen-bond acceptors (Lipinski definition) is 7. The molecule has 0 N–H and O–H groups in total. The van der Waals surface area contributed by atoms with Gasteiger partial charge in [-0.05, 0) is 50.2 Å². The molecule has 0 aliphatic carbocycles. The summed E-state index contributed by atoms with van der Waals surface area (Å²) in [5.74, 6) is 2.70. The van der Waals surface area contributed by atoms with Crippen LogP contribution in [0.3, 0.4) is 0 Å². The second-order valence-corrected chi connectivity index (χ2v) is 8.42. The number of hydrogen-bond donors (Lipinski definition) is 0. The fourth-order valence-electron chi connectivity index (χ4n) is 4.31. The van der Waals surface area contributed by atoms with E-state index in [9.17, 15) is 0 Å². The summed E-state index contributed by atoms with van der Waals surface area (Å²) in [6.07, 6.45) is 0.151. The predicted octanol–water partition coefficient (Wildman–Crippen LogP) is 4.23. The van der Waals surface area contributed by atoms with E-state index in [2.05, 4.69) is 28.9 Å². The topological polar surface area (TPSA) is 74.0 Å². The van der Waals surface area contributed by atoms with Gasteiger partial charge in [0.1, 0.15) is 0 Å². The maximum absolute atomic E-state index is 6.28. The molecule has 1 aliphatic rings. The SMILES string of the molecule is COc1ccc(-c2nnc3c4ccc(Cl)cc4nc(N4CC(C)OC(C)C4)n23)cc1OC. The molecule has 2 atom stereocenters. The lowest BCUT2D eigenvalue weighted by atomic mass is 10.2. The minimum Gasteiger partial charge on any atom is -0.493 e. The third-order valence-corrected chi connectivity index (χ3v) is 5.86. The third kappa shape index (κ3) is 3.49.